The highest BCUT2D eigenvalue weighted by atomic mass is 16.6. The summed E-state index contributed by atoms with van der Waals surface area (Å²) >= 11 is 0. The molecule has 0 aliphatic rings. The Bertz CT molecular complexity index is 323. The number of carboxylic acids is 1. The van der Waals surface area contributed by atoms with Gasteiger partial charge in [-0.2, -0.15) is 0 Å². The lowest BCUT2D eigenvalue weighted by Gasteiger charge is -2.31. The molecule has 1 unspecified atom stereocenters. The molecule has 0 heterocycles. The predicted molar refractivity (Wildman–Crippen MR) is 88.8 cm³/mol. The summed E-state index contributed by atoms with van der Waals surface area (Å²) in [5.41, 5.74) is -0.395. The third kappa shape index (κ3) is 10.6. The Kier molecular flexibility index (Phi) is 10.9. The Balaban J connectivity index is 3.77. The number of ether oxygens (including phenoxy) is 1. The van der Waals surface area contributed by atoms with Crippen LogP contribution in [-0.4, -0.2) is 22.6 Å². The van der Waals surface area contributed by atoms with E-state index in [9.17, 15) is 9.59 Å². The number of carboxylic acid groups (broad SMARTS) is 1. The van der Waals surface area contributed by atoms with Gasteiger partial charge in [0, 0.05) is 12.8 Å². The second-order valence-corrected chi connectivity index (χ2v) is 6.78. The van der Waals surface area contributed by atoms with Crippen molar-refractivity contribution in [1.82, 2.24) is 0 Å². The number of rotatable bonds is 13. The van der Waals surface area contributed by atoms with Gasteiger partial charge >= 0.3 is 11.9 Å². The van der Waals surface area contributed by atoms with Crippen molar-refractivity contribution in [2.75, 3.05) is 0 Å². The Morgan fingerprint density at radius 3 is 2.09 bits per heavy atom. The predicted octanol–water partition coefficient (Wildman–Crippen LogP) is 4.95. The van der Waals surface area contributed by atoms with E-state index in [1.807, 2.05) is 13.8 Å². The monoisotopic (exact) mass is 314 g/mol. The van der Waals surface area contributed by atoms with Gasteiger partial charge in [-0.15, -0.1) is 0 Å². The summed E-state index contributed by atoms with van der Waals surface area (Å²) < 4.78 is 5.64. The molecule has 4 heteroatoms. The Morgan fingerprint density at radius 1 is 1.00 bits per heavy atom. The summed E-state index contributed by atoms with van der Waals surface area (Å²) in [6, 6.07) is 0. The van der Waals surface area contributed by atoms with Crippen LogP contribution >= 0.6 is 0 Å². The molecule has 130 valence electrons. The molecule has 4 nitrogen and oxygen atoms in total. The van der Waals surface area contributed by atoms with E-state index in [-0.39, 0.29) is 12.4 Å². The quantitative estimate of drug-likeness (QED) is 0.386. The molecule has 0 saturated carbocycles. The zero-order valence-electron chi connectivity index (χ0n) is 14.8. The Hall–Kier alpha value is -1.06. The maximum Gasteiger partial charge on any atom is 0.306 e. The molecular formula is C18H34O4. The lowest BCUT2D eigenvalue weighted by Crippen LogP contribution is -2.35. The normalized spacial score (nSPS) is 12.9. The molecule has 0 bridgehead atoms. The van der Waals surface area contributed by atoms with Crippen LogP contribution in [0.15, 0.2) is 0 Å². The molecule has 0 saturated heterocycles. The summed E-state index contributed by atoms with van der Waals surface area (Å²) in [5, 5.41) is 8.53. The largest absolute Gasteiger partial charge is 0.481 e. The summed E-state index contributed by atoms with van der Waals surface area (Å²) in [4.78, 5) is 22.3. The van der Waals surface area contributed by atoms with Gasteiger partial charge in [0.1, 0.15) is 5.60 Å². The highest BCUT2D eigenvalue weighted by Crippen LogP contribution is 2.26. The van der Waals surface area contributed by atoms with Crippen LogP contribution in [-0.2, 0) is 14.3 Å². The molecule has 22 heavy (non-hydrogen) atoms. The van der Waals surface area contributed by atoms with Gasteiger partial charge in [-0.1, -0.05) is 46.0 Å². The number of aliphatic carboxylic acids is 1. The standard InChI is InChI=1S/C18H34O4/c1-5-6-12-15(2)18(3,4)22-17(21)14-11-9-7-8-10-13-16(19)20/h15H,5-14H2,1-4H3,(H,19,20). The van der Waals surface area contributed by atoms with Crippen molar-refractivity contribution in [3.8, 4) is 0 Å². The van der Waals surface area contributed by atoms with Crippen LogP contribution in [0.4, 0.5) is 0 Å². The molecule has 0 rings (SSSR count). The second kappa shape index (κ2) is 11.5. The Morgan fingerprint density at radius 2 is 1.55 bits per heavy atom. The molecule has 0 fully saturated rings. The lowest BCUT2D eigenvalue weighted by atomic mass is 9.88. The molecule has 0 aromatic carbocycles. The van der Waals surface area contributed by atoms with E-state index in [2.05, 4.69) is 13.8 Å². The average molecular weight is 314 g/mol. The minimum Gasteiger partial charge on any atom is -0.481 e. The number of carbonyl (C=O) groups excluding carboxylic acids is 1. The van der Waals surface area contributed by atoms with Crippen LogP contribution in [0, 0.1) is 5.92 Å². The zero-order chi connectivity index (χ0) is 17.0. The number of carbonyl (C=O) groups is 2. The molecule has 0 aromatic heterocycles. The van der Waals surface area contributed by atoms with E-state index >= 15 is 0 Å². The van der Waals surface area contributed by atoms with Crippen molar-refractivity contribution in [2.45, 2.75) is 97.5 Å². The van der Waals surface area contributed by atoms with Crippen LogP contribution in [0.3, 0.4) is 0 Å². The minimum atomic E-state index is -0.733. The summed E-state index contributed by atoms with van der Waals surface area (Å²) in [6.45, 7) is 8.31. The number of esters is 1. The summed E-state index contributed by atoms with van der Waals surface area (Å²) in [7, 11) is 0. The van der Waals surface area contributed by atoms with Crippen molar-refractivity contribution < 1.29 is 19.4 Å². The van der Waals surface area contributed by atoms with Gasteiger partial charge in [-0.05, 0) is 39.0 Å². The van der Waals surface area contributed by atoms with Gasteiger partial charge in [-0.3, -0.25) is 9.59 Å². The van der Waals surface area contributed by atoms with Gasteiger partial charge in [-0.25, -0.2) is 0 Å². The highest BCUT2D eigenvalue weighted by Gasteiger charge is 2.29. The fraction of sp³-hybridized carbons (Fsp3) is 0.889. The summed E-state index contributed by atoms with van der Waals surface area (Å²) in [6.07, 6.45) is 8.52. The fourth-order valence-electron chi connectivity index (χ4n) is 2.38. The molecule has 0 aliphatic carbocycles. The van der Waals surface area contributed by atoms with Gasteiger partial charge in [0.05, 0.1) is 0 Å². The molecule has 1 atom stereocenters. The van der Waals surface area contributed by atoms with Crippen LogP contribution in [0.2, 0.25) is 0 Å². The molecule has 0 amide bonds. The maximum atomic E-state index is 11.9. The van der Waals surface area contributed by atoms with Crippen molar-refractivity contribution in [1.29, 1.82) is 0 Å². The molecule has 0 aliphatic heterocycles. The van der Waals surface area contributed by atoms with E-state index in [1.54, 1.807) is 0 Å². The van der Waals surface area contributed by atoms with Crippen LogP contribution < -0.4 is 0 Å². The summed E-state index contributed by atoms with van der Waals surface area (Å²) in [5.74, 6) is -0.477. The zero-order valence-corrected chi connectivity index (χ0v) is 14.8. The molecule has 0 spiro atoms. The average Bonchev–Trinajstić information content (AvgIpc) is 2.42. The lowest BCUT2D eigenvalue weighted by molar-refractivity contribution is -0.161. The van der Waals surface area contributed by atoms with Crippen molar-refractivity contribution in [2.24, 2.45) is 5.92 Å². The molecule has 0 radical (unpaired) electrons. The van der Waals surface area contributed by atoms with E-state index in [0.717, 1.165) is 44.9 Å². The van der Waals surface area contributed by atoms with Crippen molar-refractivity contribution in [3.63, 3.8) is 0 Å². The first kappa shape index (κ1) is 20.9. The number of hydrogen-bond donors (Lipinski definition) is 1. The Labute approximate surface area is 135 Å². The molecule has 0 aromatic rings. The van der Waals surface area contributed by atoms with Gasteiger partial charge < -0.3 is 9.84 Å². The van der Waals surface area contributed by atoms with Crippen molar-refractivity contribution in [3.05, 3.63) is 0 Å². The molecular weight excluding hydrogens is 280 g/mol. The maximum absolute atomic E-state index is 11.9. The van der Waals surface area contributed by atoms with Crippen LogP contribution in [0.25, 0.3) is 0 Å². The first-order valence-electron chi connectivity index (χ1n) is 8.73. The highest BCUT2D eigenvalue weighted by molar-refractivity contribution is 5.69. The van der Waals surface area contributed by atoms with Crippen molar-refractivity contribution >= 4 is 11.9 Å². The van der Waals surface area contributed by atoms with Gasteiger partial charge in [0.25, 0.3) is 0 Å². The number of hydrogen-bond acceptors (Lipinski definition) is 3. The van der Waals surface area contributed by atoms with Crippen LogP contribution in [0.5, 0.6) is 0 Å². The van der Waals surface area contributed by atoms with Gasteiger partial charge in [0.2, 0.25) is 0 Å². The fourth-order valence-corrected chi connectivity index (χ4v) is 2.38. The third-order valence-corrected chi connectivity index (χ3v) is 4.33. The van der Waals surface area contributed by atoms with E-state index < -0.39 is 11.6 Å². The number of unbranched alkanes of at least 4 members (excludes halogenated alkanes) is 5. The topological polar surface area (TPSA) is 63.6 Å². The van der Waals surface area contributed by atoms with E-state index in [4.69, 9.17) is 9.84 Å². The second-order valence-electron chi connectivity index (χ2n) is 6.78. The van der Waals surface area contributed by atoms with Gasteiger partial charge in [0.15, 0.2) is 0 Å². The van der Waals surface area contributed by atoms with E-state index in [1.165, 1.54) is 6.42 Å². The van der Waals surface area contributed by atoms with E-state index in [0.29, 0.717) is 12.3 Å². The smallest absolute Gasteiger partial charge is 0.306 e. The third-order valence-electron chi connectivity index (χ3n) is 4.33. The van der Waals surface area contributed by atoms with Crippen LogP contribution in [0.1, 0.15) is 91.9 Å². The first-order valence-corrected chi connectivity index (χ1v) is 8.73. The SMILES string of the molecule is CCCCC(C)C(C)(C)OC(=O)CCCCCCCC(=O)O. The molecule has 1 N–H and O–H groups in total. The minimum absolute atomic E-state index is 0.112. The first-order chi connectivity index (χ1) is 10.3.